The van der Waals surface area contributed by atoms with Crippen LogP contribution < -0.4 is 5.73 Å². The van der Waals surface area contributed by atoms with Gasteiger partial charge in [0.25, 0.3) is 0 Å². The van der Waals surface area contributed by atoms with Crippen LogP contribution in [0.5, 0.6) is 0 Å². The summed E-state index contributed by atoms with van der Waals surface area (Å²) < 4.78 is 5.68. The molecule has 0 aliphatic heterocycles. The molecule has 0 fully saturated rings. The number of fused-ring (bicyclic) bond motifs is 1. The van der Waals surface area contributed by atoms with Crippen molar-refractivity contribution >= 4 is 16.8 Å². The average Bonchev–Trinajstić information content (AvgIpc) is 2.79. The van der Waals surface area contributed by atoms with E-state index in [-0.39, 0.29) is 5.92 Å². The van der Waals surface area contributed by atoms with Crippen molar-refractivity contribution in [1.82, 2.24) is 9.88 Å². The number of nitrogens with zero attached hydrogens (tertiary/aromatic N) is 3. The third-order valence-electron chi connectivity index (χ3n) is 3.02. The maximum atomic E-state index is 8.86. The molecule has 2 rings (SSSR count). The van der Waals surface area contributed by atoms with Crippen LogP contribution in [0.25, 0.3) is 11.1 Å². The number of oxazole rings is 1. The molecule has 0 radical (unpaired) electrons. The van der Waals surface area contributed by atoms with Gasteiger partial charge in [0.1, 0.15) is 5.52 Å². The maximum absolute atomic E-state index is 8.86. The molecular formula is C14H18N4O. The predicted molar refractivity (Wildman–Crippen MR) is 74.1 cm³/mol. The van der Waals surface area contributed by atoms with Crippen molar-refractivity contribution in [2.75, 3.05) is 18.8 Å². The summed E-state index contributed by atoms with van der Waals surface area (Å²) >= 11 is 0. The number of nitrogens with two attached hydrogens (primary N) is 1. The molecule has 1 unspecified atom stereocenters. The molecule has 1 atom stereocenters. The molecular weight excluding hydrogens is 240 g/mol. The van der Waals surface area contributed by atoms with Crippen molar-refractivity contribution in [1.29, 1.82) is 5.26 Å². The largest absolute Gasteiger partial charge is 0.439 e. The van der Waals surface area contributed by atoms with E-state index in [4.69, 9.17) is 15.4 Å². The number of hydrogen-bond acceptors (Lipinski definition) is 5. The Morgan fingerprint density at radius 3 is 3.00 bits per heavy atom. The zero-order valence-corrected chi connectivity index (χ0v) is 11.3. The van der Waals surface area contributed by atoms with Gasteiger partial charge in [0.05, 0.1) is 18.5 Å². The van der Waals surface area contributed by atoms with Gasteiger partial charge in [-0.1, -0.05) is 6.92 Å². The van der Waals surface area contributed by atoms with E-state index in [0.29, 0.717) is 30.3 Å². The van der Waals surface area contributed by atoms with Crippen LogP contribution in [0.1, 0.15) is 19.7 Å². The molecule has 100 valence electrons. The number of hydrogen-bond donors (Lipinski definition) is 1. The first-order valence-corrected chi connectivity index (χ1v) is 6.39. The van der Waals surface area contributed by atoms with E-state index in [1.165, 1.54) is 0 Å². The number of benzene rings is 1. The molecule has 19 heavy (non-hydrogen) atoms. The maximum Gasteiger partial charge on any atom is 0.209 e. The Morgan fingerprint density at radius 2 is 2.32 bits per heavy atom. The summed E-state index contributed by atoms with van der Waals surface area (Å²) in [5, 5.41) is 8.86. The lowest BCUT2D eigenvalue weighted by molar-refractivity contribution is 0.237. The van der Waals surface area contributed by atoms with Crippen LogP contribution in [0.15, 0.2) is 22.6 Å². The Morgan fingerprint density at radius 1 is 1.53 bits per heavy atom. The minimum Gasteiger partial charge on any atom is -0.439 e. The Balaban J connectivity index is 2.13. The summed E-state index contributed by atoms with van der Waals surface area (Å²) in [7, 11) is 0. The van der Waals surface area contributed by atoms with Crippen LogP contribution in [0.4, 0.5) is 5.69 Å². The van der Waals surface area contributed by atoms with Gasteiger partial charge in [0.15, 0.2) is 5.58 Å². The first-order valence-electron chi connectivity index (χ1n) is 6.39. The lowest BCUT2D eigenvalue weighted by atomic mass is 10.2. The molecule has 1 aromatic heterocycles. The first-order chi connectivity index (χ1) is 9.12. The molecule has 0 saturated carbocycles. The van der Waals surface area contributed by atoms with E-state index >= 15 is 0 Å². The zero-order chi connectivity index (χ0) is 13.8. The van der Waals surface area contributed by atoms with Crippen LogP contribution in [0.3, 0.4) is 0 Å². The summed E-state index contributed by atoms with van der Waals surface area (Å²) in [6.45, 7) is 6.15. The third-order valence-corrected chi connectivity index (χ3v) is 3.02. The summed E-state index contributed by atoms with van der Waals surface area (Å²) in [5.74, 6) is 0.660. The van der Waals surface area contributed by atoms with E-state index < -0.39 is 0 Å². The van der Waals surface area contributed by atoms with Crippen LogP contribution in [-0.4, -0.2) is 23.0 Å². The Bertz CT molecular complexity index is 599. The molecule has 1 heterocycles. The molecule has 0 bridgehead atoms. The second-order valence-electron chi connectivity index (χ2n) is 4.69. The van der Waals surface area contributed by atoms with Gasteiger partial charge in [-0.15, -0.1) is 0 Å². The van der Waals surface area contributed by atoms with Crippen molar-refractivity contribution in [2.45, 2.75) is 20.4 Å². The highest BCUT2D eigenvalue weighted by atomic mass is 16.3. The predicted octanol–water partition coefficient (Wildman–Crippen LogP) is 2.39. The molecule has 0 amide bonds. The smallest absolute Gasteiger partial charge is 0.209 e. The van der Waals surface area contributed by atoms with Gasteiger partial charge < -0.3 is 10.2 Å². The highest BCUT2D eigenvalue weighted by Crippen LogP contribution is 2.19. The number of nitriles is 1. The first kappa shape index (κ1) is 13.4. The molecule has 0 aliphatic rings. The van der Waals surface area contributed by atoms with E-state index in [2.05, 4.69) is 22.9 Å². The number of aromatic nitrogens is 1. The fraction of sp³-hybridized carbons (Fsp3) is 0.429. The summed E-state index contributed by atoms with van der Waals surface area (Å²) in [6.07, 6.45) is 0. The van der Waals surface area contributed by atoms with Crippen molar-refractivity contribution in [3.8, 4) is 6.07 Å². The SMILES string of the molecule is CCN(Cc1nc2ccc(N)cc2o1)CC(C)C#N. The van der Waals surface area contributed by atoms with Gasteiger partial charge in [-0.25, -0.2) is 4.98 Å². The van der Waals surface area contributed by atoms with E-state index in [9.17, 15) is 0 Å². The Kier molecular flexibility index (Phi) is 4.03. The second-order valence-corrected chi connectivity index (χ2v) is 4.69. The second kappa shape index (κ2) is 5.72. The Labute approximate surface area is 112 Å². The molecule has 5 nitrogen and oxygen atoms in total. The molecule has 2 aromatic rings. The number of nitrogen functional groups attached to an aromatic ring is 1. The number of anilines is 1. The highest BCUT2D eigenvalue weighted by molar-refractivity contribution is 5.76. The van der Waals surface area contributed by atoms with E-state index in [1.807, 2.05) is 19.1 Å². The fourth-order valence-electron chi connectivity index (χ4n) is 1.98. The van der Waals surface area contributed by atoms with E-state index in [0.717, 1.165) is 12.1 Å². The minimum absolute atomic E-state index is 0.0000252. The molecule has 0 saturated heterocycles. The van der Waals surface area contributed by atoms with Gasteiger partial charge >= 0.3 is 0 Å². The third kappa shape index (κ3) is 3.24. The fourth-order valence-corrected chi connectivity index (χ4v) is 1.98. The summed E-state index contributed by atoms with van der Waals surface area (Å²) in [4.78, 5) is 6.57. The summed E-state index contributed by atoms with van der Waals surface area (Å²) in [5.41, 5.74) is 7.90. The molecule has 0 spiro atoms. The van der Waals surface area contributed by atoms with Crippen LogP contribution >= 0.6 is 0 Å². The van der Waals surface area contributed by atoms with Crippen molar-refractivity contribution in [3.63, 3.8) is 0 Å². The van der Waals surface area contributed by atoms with Crippen LogP contribution in [0.2, 0.25) is 0 Å². The van der Waals surface area contributed by atoms with Crippen LogP contribution in [-0.2, 0) is 6.54 Å². The van der Waals surface area contributed by atoms with Crippen LogP contribution in [0, 0.1) is 17.2 Å². The highest BCUT2D eigenvalue weighted by Gasteiger charge is 2.13. The monoisotopic (exact) mass is 258 g/mol. The van der Waals surface area contributed by atoms with E-state index in [1.54, 1.807) is 6.07 Å². The average molecular weight is 258 g/mol. The van der Waals surface area contributed by atoms with Gasteiger partial charge in [-0.2, -0.15) is 5.26 Å². The van der Waals surface area contributed by atoms with Gasteiger partial charge in [0.2, 0.25) is 5.89 Å². The minimum atomic E-state index is -0.0000252. The molecule has 1 aromatic carbocycles. The normalized spacial score (nSPS) is 12.7. The lowest BCUT2D eigenvalue weighted by Gasteiger charge is -2.19. The molecule has 5 heteroatoms. The lowest BCUT2D eigenvalue weighted by Crippen LogP contribution is -2.27. The van der Waals surface area contributed by atoms with Gasteiger partial charge in [-0.05, 0) is 25.6 Å². The van der Waals surface area contributed by atoms with Gasteiger partial charge in [0, 0.05) is 18.3 Å². The quantitative estimate of drug-likeness (QED) is 0.833. The summed E-state index contributed by atoms with van der Waals surface area (Å²) in [6, 6.07) is 7.68. The zero-order valence-electron chi connectivity index (χ0n) is 11.3. The molecule has 2 N–H and O–H groups in total. The molecule has 0 aliphatic carbocycles. The topological polar surface area (TPSA) is 79.1 Å². The standard InChI is InChI=1S/C14H18N4O/c1-3-18(8-10(2)7-15)9-14-17-12-5-4-11(16)6-13(12)19-14/h4-6,10H,3,8-9,16H2,1-2H3. The van der Waals surface area contributed by atoms with Gasteiger partial charge in [-0.3, -0.25) is 4.90 Å². The number of rotatable bonds is 5. The Hall–Kier alpha value is -2.06. The van der Waals surface area contributed by atoms with Crippen molar-refractivity contribution in [2.24, 2.45) is 5.92 Å². The van der Waals surface area contributed by atoms with Crippen molar-refractivity contribution in [3.05, 3.63) is 24.1 Å². The van der Waals surface area contributed by atoms with Crippen molar-refractivity contribution < 1.29 is 4.42 Å².